The lowest BCUT2D eigenvalue weighted by Crippen LogP contribution is -2.40. The van der Waals surface area contributed by atoms with Crippen LogP contribution < -0.4 is 10.4 Å². The maximum Gasteiger partial charge on any atom is 0.323 e. The highest BCUT2D eigenvalue weighted by Crippen LogP contribution is 2.25. The number of H-pyrrole nitrogens is 2. The SMILES string of the molecule is CC(C)(NS(=O)(=O)c1ccc2[nH]c(=O)[nH]c2c1)c1nccs1. The molecule has 0 saturated heterocycles. The predicted octanol–water partition coefficient (Wildman–Crippen LogP) is 1.53. The molecule has 0 aliphatic rings. The molecule has 0 bridgehead atoms. The lowest BCUT2D eigenvalue weighted by Gasteiger charge is -2.23. The van der Waals surface area contributed by atoms with Crippen LogP contribution in [-0.4, -0.2) is 23.4 Å². The van der Waals surface area contributed by atoms with E-state index >= 15 is 0 Å². The standard InChI is InChI=1S/C13H14N4O3S2/c1-13(2,11-14-5-6-21-11)17-22(19,20)8-3-4-9-10(7-8)16-12(18)15-9/h3-7,17H,1-2H3,(H2,15,16,18). The quantitative estimate of drug-likeness (QED) is 0.670. The number of nitrogens with one attached hydrogen (secondary N) is 3. The Kier molecular flexibility index (Phi) is 3.42. The zero-order valence-electron chi connectivity index (χ0n) is 11.9. The molecule has 3 N–H and O–H groups in total. The molecular formula is C13H14N4O3S2. The first-order chi connectivity index (χ1) is 10.3. The van der Waals surface area contributed by atoms with Crippen LogP contribution in [0.5, 0.6) is 0 Å². The number of hydrogen-bond donors (Lipinski definition) is 3. The van der Waals surface area contributed by atoms with Gasteiger partial charge < -0.3 is 9.97 Å². The Morgan fingerprint density at radius 3 is 2.64 bits per heavy atom. The van der Waals surface area contributed by atoms with Gasteiger partial charge in [0, 0.05) is 11.6 Å². The number of rotatable bonds is 4. The second kappa shape index (κ2) is 5.04. The van der Waals surface area contributed by atoms with E-state index in [4.69, 9.17) is 0 Å². The molecule has 1 aromatic carbocycles. The van der Waals surface area contributed by atoms with E-state index in [2.05, 4.69) is 19.7 Å². The van der Waals surface area contributed by atoms with Crippen molar-refractivity contribution in [2.45, 2.75) is 24.3 Å². The molecule has 3 aromatic rings. The maximum atomic E-state index is 12.6. The van der Waals surface area contributed by atoms with Crippen LogP contribution in [0.4, 0.5) is 0 Å². The van der Waals surface area contributed by atoms with Crippen LogP contribution in [0.15, 0.2) is 39.5 Å². The van der Waals surface area contributed by atoms with Gasteiger partial charge in [0.05, 0.1) is 21.5 Å². The zero-order chi connectivity index (χ0) is 16.0. The van der Waals surface area contributed by atoms with E-state index in [0.717, 1.165) is 0 Å². The number of imidazole rings is 1. The smallest absolute Gasteiger partial charge is 0.306 e. The minimum atomic E-state index is -3.75. The molecule has 9 heteroatoms. The zero-order valence-corrected chi connectivity index (χ0v) is 13.5. The average molecular weight is 338 g/mol. The van der Waals surface area contributed by atoms with E-state index in [9.17, 15) is 13.2 Å². The van der Waals surface area contributed by atoms with Crippen molar-refractivity contribution < 1.29 is 8.42 Å². The van der Waals surface area contributed by atoms with Gasteiger partial charge in [0.2, 0.25) is 10.0 Å². The molecule has 0 radical (unpaired) electrons. The molecule has 3 rings (SSSR count). The molecule has 2 aromatic heterocycles. The Morgan fingerprint density at radius 1 is 1.23 bits per heavy atom. The number of benzene rings is 1. The topological polar surface area (TPSA) is 108 Å². The second-order valence-electron chi connectivity index (χ2n) is 5.35. The first-order valence-corrected chi connectivity index (χ1v) is 8.80. The summed E-state index contributed by atoms with van der Waals surface area (Å²) >= 11 is 1.38. The highest BCUT2D eigenvalue weighted by Gasteiger charge is 2.30. The molecule has 2 heterocycles. The van der Waals surface area contributed by atoms with E-state index in [-0.39, 0.29) is 10.6 Å². The monoisotopic (exact) mass is 338 g/mol. The molecule has 0 saturated carbocycles. The fraction of sp³-hybridized carbons (Fsp3) is 0.231. The summed E-state index contributed by atoms with van der Waals surface area (Å²) in [6, 6.07) is 4.43. The van der Waals surface area contributed by atoms with Crippen LogP contribution in [-0.2, 0) is 15.6 Å². The van der Waals surface area contributed by atoms with Crippen molar-refractivity contribution in [1.82, 2.24) is 19.7 Å². The number of fused-ring (bicyclic) bond motifs is 1. The van der Waals surface area contributed by atoms with Crippen molar-refractivity contribution >= 4 is 32.4 Å². The van der Waals surface area contributed by atoms with Crippen molar-refractivity contribution in [2.75, 3.05) is 0 Å². The number of nitrogens with zero attached hydrogens (tertiary/aromatic N) is 1. The first-order valence-electron chi connectivity index (χ1n) is 6.44. The molecule has 22 heavy (non-hydrogen) atoms. The number of sulfonamides is 1. The van der Waals surface area contributed by atoms with Crippen LogP contribution in [0.1, 0.15) is 18.9 Å². The van der Waals surface area contributed by atoms with E-state index < -0.39 is 15.6 Å². The molecule has 0 amide bonds. The lowest BCUT2D eigenvalue weighted by molar-refractivity contribution is 0.470. The van der Waals surface area contributed by atoms with Gasteiger partial charge in [0.25, 0.3) is 0 Å². The highest BCUT2D eigenvalue weighted by atomic mass is 32.2. The number of thiazole rings is 1. The van der Waals surface area contributed by atoms with Crippen LogP contribution in [0.25, 0.3) is 11.0 Å². The lowest BCUT2D eigenvalue weighted by atomic mass is 10.1. The van der Waals surface area contributed by atoms with Gasteiger partial charge in [-0.2, -0.15) is 4.72 Å². The summed E-state index contributed by atoms with van der Waals surface area (Å²) in [7, 11) is -3.75. The van der Waals surface area contributed by atoms with Crippen molar-refractivity contribution in [1.29, 1.82) is 0 Å². The predicted molar refractivity (Wildman–Crippen MR) is 84.4 cm³/mol. The van der Waals surface area contributed by atoms with Crippen LogP contribution >= 0.6 is 11.3 Å². The van der Waals surface area contributed by atoms with Crippen LogP contribution in [0.2, 0.25) is 0 Å². The second-order valence-corrected chi connectivity index (χ2v) is 7.93. The third kappa shape index (κ3) is 2.70. The molecule has 0 aliphatic heterocycles. The summed E-state index contributed by atoms with van der Waals surface area (Å²) in [5, 5.41) is 2.47. The third-order valence-corrected chi connectivity index (χ3v) is 5.90. The van der Waals surface area contributed by atoms with Crippen molar-refractivity contribution in [3.63, 3.8) is 0 Å². The average Bonchev–Trinajstić information content (AvgIpc) is 3.04. The Hall–Kier alpha value is -1.97. The maximum absolute atomic E-state index is 12.6. The Morgan fingerprint density at radius 2 is 1.95 bits per heavy atom. The van der Waals surface area contributed by atoms with Crippen molar-refractivity contribution in [3.8, 4) is 0 Å². The molecule has 0 atom stereocenters. The first kappa shape index (κ1) is 14.9. The fourth-order valence-corrected chi connectivity index (χ4v) is 4.34. The summed E-state index contributed by atoms with van der Waals surface area (Å²) in [5.41, 5.74) is -0.197. The molecule has 0 unspecified atom stereocenters. The van der Waals surface area contributed by atoms with Gasteiger partial charge in [0.1, 0.15) is 5.01 Å². The summed E-state index contributed by atoms with van der Waals surface area (Å²) < 4.78 is 27.8. The van der Waals surface area contributed by atoms with Crippen molar-refractivity contribution in [3.05, 3.63) is 45.3 Å². The minimum absolute atomic E-state index is 0.0832. The summed E-state index contributed by atoms with van der Waals surface area (Å²) in [4.78, 5) is 20.6. The van der Waals surface area contributed by atoms with Gasteiger partial charge in [-0.15, -0.1) is 11.3 Å². The van der Waals surface area contributed by atoms with E-state index in [1.807, 2.05) is 0 Å². The molecule has 0 aliphatic carbocycles. The summed E-state index contributed by atoms with van der Waals surface area (Å²) in [5.74, 6) is 0. The van der Waals surface area contributed by atoms with E-state index in [1.165, 1.54) is 23.5 Å². The van der Waals surface area contributed by atoms with E-state index in [0.29, 0.717) is 16.0 Å². The Bertz CT molecular complexity index is 968. The number of aromatic nitrogens is 3. The molecule has 116 valence electrons. The molecule has 0 fully saturated rings. The minimum Gasteiger partial charge on any atom is -0.306 e. The number of aromatic amines is 2. The van der Waals surface area contributed by atoms with Crippen molar-refractivity contribution in [2.24, 2.45) is 0 Å². The Balaban J connectivity index is 1.99. The number of hydrogen-bond acceptors (Lipinski definition) is 5. The van der Waals surface area contributed by atoms with Crippen LogP contribution in [0.3, 0.4) is 0 Å². The summed E-state index contributed by atoms with van der Waals surface area (Å²) in [6.07, 6.45) is 1.63. The van der Waals surface area contributed by atoms with Crippen LogP contribution in [0, 0.1) is 0 Å². The Labute approximate surface area is 130 Å². The normalized spacial score (nSPS) is 12.8. The van der Waals surface area contributed by atoms with Gasteiger partial charge in [-0.25, -0.2) is 18.2 Å². The molecule has 7 nitrogen and oxygen atoms in total. The molecule has 0 spiro atoms. The van der Waals surface area contributed by atoms with E-state index in [1.54, 1.807) is 31.5 Å². The fourth-order valence-electron chi connectivity index (χ4n) is 2.15. The van der Waals surface area contributed by atoms with Gasteiger partial charge >= 0.3 is 5.69 Å². The van der Waals surface area contributed by atoms with Gasteiger partial charge in [-0.1, -0.05) is 0 Å². The molecular weight excluding hydrogens is 324 g/mol. The van der Waals surface area contributed by atoms with Gasteiger partial charge in [-0.3, -0.25) is 0 Å². The largest absolute Gasteiger partial charge is 0.323 e. The third-order valence-electron chi connectivity index (χ3n) is 3.15. The van der Waals surface area contributed by atoms with Gasteiger partial charge in [0.15, 0.2) is 0 Å². The summed E-state index contributed by atoms with van der Waals surface area (Å²) in [6.45, 7) is 3.50. The highest BCUT2D eigenvalue weighted by molar-refractivity contribution is 7.89. The van der Waals surface area contributed by atoms with Gasteiger partial charge in [-0.05, 0) is 32.0 Å².